The van der Waals surface area contributed by atoms with Crippen molar-refractivity contribution in [3.05, 3.63) is 53.5 Å². The molecule has 0 fully saturated rings. The van der Waals surface area contributed by atoms with Crippen LogP contribution in [0.5, 0.6) is 0 Å². The Morgan fingerprint density at radius 1 is 1.31 bits per heavy atom. The third kappa shape index (κ3) is 5.13. The lowest BCUT2D eigenvalue weighted by Gasteiger charge is -2.16. The Morgan fingerprint density at radius 3 is 2.72 bits per heavy atom. The Kier molecular flexibility index (Phi) is 5.87. The first-order chi connectivity index (χ1) is 13.7. The maximum absolute atomic E-state index is 12.6. The zero-order valence-electron chi connectivity index (χ0n) is 15.3. The molecule has 29 heavy (non-hydrogen) atoms. The van der Waals surface area contributed by atoms with Crippen LogP contribution in [0.3, 0.4) is 0 Å². The molecule has 8 nitrogen and oxygen atoms in total. The number of halogens is 3. The molecule has 3 rings (SSSR count). The molecule has 0 aliphatic heterocycles. The Balaban J connectivity index is 1.52. The molecule has 0 aromatic carbocycles. The summed E-state index contributed by atoms with van der Waals surface area (Å²) in [6, 6.07) is 3.69. The molecule has 3 aromatic heterocycles. The van der Waals surface area contributed by atoms with Gasteiger partial charge in [0.1, 0.15) is 5.82 Å². The molecule has 154 valence electrons. The molecule has 1 atom stereocenters. The van der Waals surface area contributed by atoms with Crippen molar-refractivity contribution in [1.29, 1.82) is 0 Å². The second kappa shape index (κ2) is 8.35. The van der Waals surface area contributed by atoms with Crippen LogP contribution < -0.4 is 10.6 Å². The number of rotatable bonds is 8. The first-order valence-corrected chi connectivity index (χ1v) is 8.69. The molecule has 0 spiro atoms. The lowest BCUT2D eigenvalue weighted by Crippen LogP contribution is -2.30. The molecule has 0 bridgehead atoms. The summed E-state index contributed by atoms with van der Waals surface area (Å²) >= 11 is 0. The van der Waals surface area contributed by atoms with E-state index in [1.807, 2.05) is 6.92 Å². The zero-order chi connectivity index (χ0) is 21.0. The third-order valence-corrected chi connectivity index (χ3v) is 4.17. The number of H-pyrrole nitrogens is 2. The van der Waals surface area contributed by atoms with Gasteiger partial charge in [0.15, 0.2) is 0 Å². The van der Waals surface area contributed by atoms with Crippen molar-refractivity contribution in [3.63, 3.8) is 0 Å². The second-order valence-electron chi connectivity index (χ2n) is 6.48. The van der Waals surface area contributed by atoms with Crippen LogP contribution in [0.4, 0.5) is 19.0 Å². The van der Waals surface area contributed by atoms with Crippen molar-refractivity contribution < 1.29 is 23.1 Å². The molecule has 0 radical (unpaired) electrons. The van der Waals surface area contributed by atoms with E-state index in [4.69, 9.17) is 5.11 Å². The van der Waals surface area contributed by atoms with Gasteiger partial charge in [0.25, 0.3) is 0 Å². The molecule has 0 saturated heterocycles. The van der Waals surface area contributed by atoms with Gasteiger partial charge in [-0.1, -0.05) is 0 Å². The van der Waals surface area contributed by atoms with Crippen LogP contribution in [0.1, 0.15) is 28.4 Å². The molecular weight excluding hydrogens is 389 g/mol. The number of hydrogen-bond donors (Lipinski definition) is 5. The van der Waals surface area contributed by atoms with Gasteiger partial charge < -0.3 is 20.7 Å². The molecule has 0 unspecified atom stereocenters. The topological polar surface area (TPSA) is 119 Å². The maximum Gasteiger partial charge on any atom is 0.417 e. The van der Waals surface area contributed by atoms with Gasteiger partial charge in [-0.25, -0.2) is 9.78 Å². The number of aromatic amines is 2. The monoisotopic (exact) mass is 408 g/mol. The van der Waals surface area contributed by atoms with E-state index in [0.29, 0.717) is 30.3 Å². The van der Waals surface area contributed by atoms with Crippen molar-refractivity contribution in [3.8, 4) is 11.4 Å². The minimum atomic E-state index is -4.41. The van der Waals surface area contributed by atoms with Crippen LogP contribution >= 0.6 is 0 Å². The van der Waals surface area contributed by atoms with Gasteiger partial charge in [-0.3, -0.25) is 5.10 Å². The minimum Gasteiger partial charge on any atom is -0.478 e. The number of pyridine rings is 1. The smallest absolute Gasteiger partial charge is 0.417 e. The summed E-state index contributed by atoms with van der Waals surface area (Å²) in [5, 5.41) is 22.1. The molecule has 11 heteroatoms. The summed E-state index contributed by atoms with van der Waals surface area (Å²) in [6.07, 6.45) is -0.578. The number of carbonyl (C=O) groups is 1. The van der Waals surface area contributed by atoms with E-state index in [0.717, 1.165) is 17.8 Å². The van der Waals surface area contributed by atoms with E-state index in [1.54, 1.807) is 6.20 Å². The number of nitrogens with one attached hydrogen (secondary N) is 4. The van der Waals surface area contributed by atoms with Crippen molar-refractivity contribution >= 4 is 11.8 Å². The highest BCUT2D eigenvalue weighted by molar-refractivity contribution is 5.89. The van der Waals surface area contributed by atoms with Crippen molar-refractivity contribution in [2.45, 2.75) is 25.7 Å². The molecule has 5 N–H and O–H groups in total. The minimum absolute atomic E-state index is 0.0984. The van der Waals surface area contributed by atoms with Crippen molar-refractivity contribution in [1.82, 2.24) is 25.5 Å². The fourth-order valence-electron chi connectivity index (χ4n) is 2.71. The summed E-state index contributed by atoms with van der Waals surface area (Å²) in [4.78, 5) is 17.7. The standard InChI is InChI=1S/C18H19F3N6O2/c1-10(26-15-3-2-13(9-24-15)18(19,20)21)5-22-6-12-8-25-27-16(12)14-4-11(7-23-14)17(28)29/h2-4,7-10,22-23H,5-6H2,1H3,(H,24,26)(H,25,27)(H,28,29)/t10-/m1/s1. The molecule has 0 aliphatic carbocycles. The number of alkyl halides is 3. The Morgan fingerprint density at radius 2 is 2.10 bits per heavy atom. The van der Waals surface area contributed by atoms with Crippen LogP contribution in [0.15, 0.2) is 36.8 Å². The molecule has 0 saturated carbocycles. The molecule has 0 amide bonds. The first kappa shape index (κ1) is 20.4. The predicted molar refractivity (Wildman–Crippen MR) is 99.4 cm³/mol. The zero-order valence-corrected chi connectivity index (χ0v) is 15.3. The molecule has 3 aromatic rings. The van der Waals surface area contributed by atoms with Crippen LogP contribution in [0.25, 0.3) is 11.4 Å². The first-order valence-electron chi connectivity index (χ1n) is 8.69. The highest BCUT2D eigenvalue weighted by Gasteiger charge is 2.30. The number of carboxylic acids is 1. The number of aromatic nitrogens is 4. The summed E-state index contributed by atoms with van der Waals surface area (Å²) in [7, 11) is 0. The Labute approximate surface area is 163 Å². The van der Waals surface area contributed by atoms with Gasteiger partial charge in [0.2, 0.25) is 0 Å². The van der Waals surface area contributed by atoms with Crippen LogP contribution in [-0.4, -0.2) is 43.8 Å². The normalized spacial score (nSPS) is 12.7. The number of nitrogens with zero attached hydrogens (tertiary/aromatic N) is 2. The van der Waals surface area contributed by atoms with Gasteiger partial charge >= 0.3 is 12.1 Å². The summed E-state index contributed by atoms with van der Waals surface area (Å²) in [5.74, 6) is -0.674. The van der Waals surface area contributed by atoms with E-state index in [2.05, 4.69) is 30.8 Å². The Hall–Kier alpha value is -3.34. The van der Waals surface area contributed by atoms with Crippen molar-refractivity contribution in [2.24, 2.45) is 0 Å². The largest absolute Gasteiger partial charge is 0.478 e. The van der Waals surface area contributed by atoms with Gasteiger partial charge in [0, 0.05) is 37.1 Å². The summed E-state index contributed by atoms with van der Waals surface area (Å²) < 4.78 is 37.7. The summed E-state index contributed by atoms with van der Waals surface area (Å²) in [5.41, 5.74) is 1.47. The van der Waals surface area contributed by atoms with Crippen LogP contribution in [0.2, 0.25) is 0 Å². The van der Waals surface area contributed by atoms with E-state index >= 15 is 0 Å². The van der Waals surface area contributed by atoms with Gasteiger partial charge in [-0.15, -0.1) is 0 Å². The van der Waals surface area contributed by atoms with Crippen LogP contribution in [-0.2, 0) is 12.7 Å². The number of aromatic carboxylic acids is 1. The second-order valence-corrected chi connectivity index (χ2v) is 6.48. The highest BCUT2D eigenvalue weighted by Crippen LogP contribution is 2.28. The SMILES string of the molecule is C[C@H](CNCc1cn[nH]c1-c1cc(C(=O)O)c[nH]1)Nc1ccc(C(F)(F)F)cn1. The van der Waals surface area contributed by atoms with E-state index < -0.39 is 17.7 Å². The average molecular weight is 408 g/mol. The third-order valence-electron chi connectivity index (χ3n) is 4.17. The van der Waals surface area contributed by atoms with E-state index in [1.165, 1.54) is 18.3 Å². The quantitative estimate of drug-likeness (QED) is 0.391. The average Bonchev–Trinajstić information content (AvgIpc) is 3.30. The van der Waals surface area contributed by atoms with Crippen LogP contribution in [0, 0.1) is 0 Å². The van der Waals surface area contributed by atoms with E-state index in [-0.39, 0.29) is 11.6 Å². The lowest BCUT2D eigenvalue weighted by molar-refractivity contribution is -0.137. The van der Waals surface area contributed by atoms with Crippen molar-refractivity contribution in [2.75, 3.05) is 11.9 Å². The number of anilines is 1. The number of carboxylic acid groups (broad SMARTS) is 1. The highest BCUT2D eigenvalue weighted by atomic mass is 19.4. The summed E-state index contributed by atoms with van der Waals surface area (Å²) in [6.45, 7) is 2.84. The molecule has 3 heterocycles. The van der Waals surface area contributed by atoms with E-state index in [9.17, 15) is 18.0 Å². The van der Waals surface area contributed by atoms with Gasteiger partial charge in [-0.05, 0) is 25.1 Å². The van der Waals surface area contributed by atoms with Gasteiger partial charge in [-0.2, -0.15) is 18.3 Å². The molecular formula is C18H19F3N6O2. The Bertz CT molecular complexity index is 965. The fourth-order valence-corrected chi connectivity index (χ4v) is 2.71. The fraction of sp³-hybridized carbons (Fsp3) is 0.278. The van der Waals surface area contributed by atoms with Gasteiger partial charge in [0.05, 0.1) is 28.7 Å². The lowest BCUT2D eigenvalue weighted by atomic mass is 10.2. The predicted octanol–water partition coefficient (Wildman–Crippen LogP) is 3.11. The molecule has 0 aliphatic rings. The maximum atomic E-state index is 12.6. The number of hydrogen-bond acceptors (Lipinski definition) is 5.